The molecule has 5 nitrogen and oxygen atoms in total. The van der Waals surface area contributed by atoms with Crippen molar-refractivity contribution in [3.63, 3.8) is 0 Å². The van der Waals surface area contributed by atoms with E-state index in [9.17, 15) is 9.18 Å². The number of rotatable bonds is 2. The summed E-state index contributed by atoms with van der Waals surface area (Å²) in [5.41, 5.74) is 0. The minimum Gasteiger partial charge on any atom is -0.345 e. The molecular weight excluding hydrogens is 271 g/mol. The van der Waals surface area contributed by atoms with Gasteiger partial charge < -0.3 is 10.2 Å². The van der Waals surface area contributed by atoms with Crippen molar-refractivity contribution >= 4 is 17.5 Å². The molecule has 0 spiro atoms. The van der Waals surface area contributed by atoms with Crippen LogP contribution in [0.4, 0.5) is 4.39 Å². The summed E-state index contributed by atoms with van der Waals surface area (Å²) in [7, 11) is 0. The van der Waals surface area contributed by atoms with E-state index in [0.29, 0.717) is 5.92 Å². The normalized spacial score (nSPS) is 29.3. The standard InChI is InChI=1S/C12H14ClFN4O/c13-10-9(14)4-15-11(17-10)12(19)16-8-3-7-1-2-18(5-7)6-8/h4,7-8H,1-3,5-6H2,(H,16,19)/t7-,8+/m0/s1. The second kappa shape index (κ2) is 5.02. The van der Waals surface area contributed by atoms with Crippen LogP contribution in [-0.4, -0.2) is 46.5 Å². The van der Waals surface area contributed by atoms with Crippen LogP contribution in [0.15, 0.2) is 6.20 Å². The molecule has 0 aliphatic carbocycles. The zero-order chi connectivity index (χ0) is 13.4. The molecule has 1 unspecified atom stereocenters. The van der Waals surface area contributed by atoms with Gasteiger partial charge in [0.25, 0.3) is 5.91 Å². The zero-order valence-corrected chi connectivity index (χ0v) is 11.0. The van der Waals surface area contributed by atoms with E-state index in [0.717, 1.165) is 32.3 Å². The molecule has 1 aromatic rings. The Hall–Kier alpha value is -1.27. The maximum atomic E-state index is 12.9. The first-order valence-electron chi connectivity index (χ1n) is 6.33. The van der Waals surface area contributed by atoms with Crippen molar-refractivity contribution < 1.29 is 9.18 Å². The molecule has 1 N–H and O–H groups in total. The molecule has 3 heterocycles. The Balaban J connectivity index is 1.66. The molecule has 102 valence electrons. The number of nitrogens with zero attached hydrogens (tertiary/aromatic N) is 3. The van der Waals surface area contributed by atoms with Crippen molar-refractivity contribution in [2.75, 3.05) is 19.6 Å². The van der Waals surface area contributed by atoms with Crippen LogP contribution in [0, 0.1) is 11.7 Å². The molecule has 2 aliphatic heterocycles. The zero-order valence-electron chi connectivity index (χ0n) is 10.3. The summed E-state index contributed by atoms with van der Waals surface area (Å²) >= 11 is 5.54. The Morgan fingerprint density at radius 3 is 3.11 bits per heavy atom. The fourth-order valence-corrected chi connectivity index (χ4v) is 3.00. The Labute approximate surface area is 115 Å². The molecule has 7 heteroatoms. The lowest BCUT2D eigenvalue weighted by atomic mass is 9.97. The largest absolute Gasteiger partial charge is 0.345 e. The topological polar surface area (TPSA) is 58.1 Å². The number of hydrogen-bond acceptors (Lipinski definition) is 4. The van der Waals surface area contributed by atoms with Crippen molar-refractivity contribution in [3.05, 3.63) is 23.0 Å². The van der Waals surface area contributed by atoms with Crippen LogP contribution >= 0.6 is 11.6 Å². The molecule has 3 rings (SSSR count). The number of carbonyl (C=O) groups excluding carboxylic acids is 1. The highest BCUT2D eigenvalue weighted by atomic mass is 35.5. The molecule has 0 saturated carbocycles. The highest BCUT2D eigenvalue weighted by Gasteiger charge is 2.33. The van der Waals surface area contributed by atoms with Gasteiger partial charge in [-0.1, -0.05) is 11.6 Å². The highest BCUT2D eigenvalue weighted by molar-refractivity contribution is 6.29. The maximum Gasteiger partial charge on any atom is 0.289 e. The van der Waals surface area contributed by atoms with E-state index in [2.05, 4.69) is 20.2 Å². The van der Waals surface area contributed by atoms with Crippen molar-refractivity contribution in [3.8, 4) is 0 Å². The number of nitrogens with one attached hydrogen (secondary N) is 1. The summed E-state index contributed by atoms with van der Waals surface area (Å²) in [6.45, 7) is 3.10. The fourth-order valence-electron chi connectivity index (χ4n) is 2.87. The van der Waals surface area contributed by atoms with Gasteiger partial charge in [0.2, 0.25) is 5.82 Å². The van der Waals surface area contributed by atoms with E-state index in [1.807, 2.05) is 0 Å². The summed E-state index contributed by atoms with van der Waals surface area (Å²) in [5, 5.41) is 2.57. The summed E-state index contributed by atoms with van der Waals surface area (Å²) in [5.74, 6) is -0.537. The number of aromatic nitrogens is 2. The second-order valence-corrected chi connectivity index (χ2v) is 5.51. The molecule has 1 amide bonds. The molecule has 0 aromatic carbocycles. The van der Waals surface area contributed by atoms with Gasteiger partial charge in [-0.3, -0.25) is 4.79 Å². The Kier molecular flexibility index (Phi) is 3.36. The van der Waals surface area contributed by atoms with Gasteiger partial charge in [-0.15, -0.1) is 0 Å². The van der Waals surface area contributed by atoms with Gasteiger partial charge in [0, 0.05) is 19.1 Å². The molecule has 3 atom stereocenters. The summed E-state index contributed by atoms with van der Waals surface area (Å²) in [6, 6.07) is 0.112. The van der Waals surface area contributed by atoms with Crippen LogP contribution in [-0.2, 0) is 0 Å². The lowest BCUT2D eigenvalue weighted by Gasteiger charge is -2.30. The van der Waals surface area contributed by atoms with Crippen LogP contribution in [0.2, 0.25) is 5.15 Å². The smallest absolute Gasteiger partial charge is 0.289 e. The highest BCUT2D eigenvalue weighted by Crippen LogP contribution is 2.26. The predicted molar refractivity (Wildman–Crippen MR) is 67.4 cm³/mol. The minimum atomic E-state index is -0.722. The number of hydrogen-bond donors (Lipinski definition) is 1. The molecule has 2 bridgehead atoms. The van der Waals surface area contributed by atoms with E-state index in [4.69, 9.17) is 11.6 Å². The average molecular weight is 285 g/mol. The lowest BCUT2D eigenvalue weighted by molar-refractivity contribution is 0.0898. The molecule has 1 aromatic heterocycles. The van der Waals surface area contributed by atoms with Gasteiger partial charge in [0.05, 0.1) is 6.20 Å². The molecule has 2 fully saturated rings. The molecular formula is C12H14ClFN4O. The van der Waals surface area contributed by atoms with Crippen molar-refractivity contribution in [2.24, 2.45) is 5.92 Å². The number of fused-ring (bicyclic) bond motifs is 2. The van der Waals surface area contributed by atoms with Gasteiger partial charge in [0.1, 0.15) is 0 Å². The van der Waals surface area contributed by atoms with Crippen LogP contribution in [0.25, 0.3) is 0 Å². The third-order valence-electron chi connectivity index (χ3n) is 3.71. The van der Waals surface area contributed by atoms with Gasteiger partial charge in [-0.2, -0.15) is 0 Å². The van der Waals surface area contributed by atoms with Crippen LogP contribution in [0.5, 0.6) is 0 Å². The minimum absolute atomic E-state index is 0.0840. The van der Waals surface area contributed by atoms with E-state index >= 15 is 0 Å². The van der Waals surface area contributed by atoms with Gasteiger partial charge in [-0.25, -0.2) is 14.4 Å². The van der Waals surface area contributed by atoms with Crippen LogP contribution < -0.4 is 5.32 Å². The SMILES string of the molecule is O=C(N[C@@H]1C[C@@H]2CCN(C2)C1)c1ncc(F)c(Cl)n1. The Morgan fingerprint density at radius 2 is 2.37 bits per heavy atom. The quantitative estimate of drug-likeness (QED) is 0.826. The fraction of sp³-hybridized carbons (Fsp3) is 0.583. The van der Waals surface area contributed by atoms with E-state index in [1.54, 1.807) is 0 Å². The third kappa shape index (κ3) is 2.69. The first-order chi connectivity index (χ1) is 9.11. The van der Waals surface area contributed by atoms with E-state index in [1.165, 1.54) is 6.42 Å². The second-order valence-electron chi connectivity index (χ2n) is 5.15. The predicted octanol–water partition coefficient (Wildman–Crippen LogP) is 1.09. The molecule has 19 heavy (non-hydrogen) atoms. The van der Waals surface area contributed by atoms with E-state index < -0.39 is 11.7 Å². The van der Waals surface area contributed by atoms with Crippen LogP contribution in [0.1, 0.15) is 23.5 Å². The lowest BCUT2D eigenvalue weighted by Crippen LogP contribution is -2.47. The maximum absolute atomic E-state index is 12.9. The van der Waals surface area contributed by atoms with Gasteiger partial charge >= 0.3 is 0 Å². The Bertz CT molecular complexity index is 501. The Morgan fingerprint density at radius 1 is 1.53 bits per heavy atom. The summed E-state index contributed by atoms with van der Waals surface area (Å²) in [4.78, 5) is 21.6. The van der Waals surface area contributed by atoms with Gasteiger partial charge in [0.15, 0.2) is 11.0 Å². The third-order valence-corrected chi connectivity index (χ3v) is 3.97. The van der Waals surface area contributed by atoms with E-state index in [-0.39, 0.29) is 17.0 Å². The van der Waals surface area contributed by atoms with Crippen molar-refractivity contribution in [2.45, 2.75) is 18.9 Å². The van der Waals surface area contributed by atoms with Gasteiger partial charge in [-0.05, 0) is 25.3 Å². The first kappa shape index (κ1) is 12.7. The number of amides is 1. The van der Waals surface area contributed by atoms with Crippen molar-refractivity contribution in [1.82, 2.24) is 20.2 Å². The summed E-state index contributed by atoms with van der Waals surface area (Å²) < 4.78 is 12.9. The molecule has 0 radical (unpaired) electrons. The first-order valence-corrected chi connectivity index (χ1v) is 6.71. The number of carbonyl (C=O) groups is 1. The molecule has 2 saturated heterocycles. The molecule has 2 aliphatic rings. The van der Waals surface area contributed by atoms with Crippen LogP contribution in [0.3, 0.4) is 0 Å². The monoisotopic (exact) mass is 284 g/mol. The van der Waals surface area contributed by atoms with Crippen molar-refractivity contribution in [1.29, 1.82) is 0 Å². The number of halogens is 2. The summed E-state index contributed by atoms with van der Waals surface area (Å²) in [6.07, 6.45) is 3.10. The average Bonchev–Trinajstić information content (AvgIpc) is 2.72. The number of piperidine rings is 1.